The van der Waals surface area contributed by atoms with Gasteiger partial charge in [-0.15, -0.1) is 12.8 Å². The molecule has 0 saturated heterocycles. The average Bonchev–Trinajstić information content (AvgIpc) is 2.57. The summed E-state index contributed by atoms with van der Waals surface area (Å²) in [5.41, 5.74) is 0.911. The molecule has 0 aromatic heterocycles. The SMILES string of the molecule is C#CC(Cc1ccccc1F)OC(C#C)Cc1ccccc1F. The largest absolute Gasteiger partial charge is 0.349 e. The highest BCUT2D eigenvalue weighted by Gasteiger charge is 2.17. The highest BCUT2D eigenvalue weighted by atomic mass is 19.1. The van der Waals surface area contributed by atoms with Gasteiger partial charge in [0.25, 0.3) is 0 Å². The number of halogens is 2. The Morgan fingerprint density at radius 2 is 1.17 bits per heavy atom. The predicted molar refractivity (Wildman–Crippen MR) is 86.5 cm³/mol. The van der Waals surface area contributed by atoms with E-state index in [2.05, 4.69) is 11.8 Å². The Bertz CT molecular complexity index is 676. The van der Waals surface area contributed by atoms with Gasteiger partial charge in [0.1, 0.15) is 23.8 Å². The first kappa shape index (κ1) is 16.7. The molecular formula is C20H16F2O. The first-order valence-corrected chi connectivity index (χ1v) is 7.18. The summed E-state index contributed by atoms with van der Waals surface area (Å²) in [4.78, 5) is 0. The molecule has 2 atom stereocenters. The van der Waals surface area contributed by atoms with Crippen molar-refractivity contribution >= 4 is 0 Å². The molecule has 2 aromatic carbocycles. The maximum atomic E-state index is 13.7. The third-order valence-corrected chi connectivity index (χ3v) is 3.43. The van der Waals surface area contributed by atoms with Gasteiger partial charge in [-0.2, -0.15) is 0 Å². The van der Waals surface area contributed by atoms with Crippen LogP contribution in [0.2, 0.25) is 0 Å². The fourth-order valence-electron chi connectivity index (χ4n) is 2.22. The standard InChI is InChI=1S/C20H16F2O/c1-3-17(13-15-9-5-7-11-19(15)21)23-18(4-2)14-16-10-6-8-12-20(16)22/h1-2,5-12,17-18H,13-14H2. The summed E-state index contributed by atoms with van der Waals surface area (Å²) in [6, 6.07) is 12.7. The molecule has 0 heterocycles. The molecule has 2 aromatic rings. The lowest BCUT2D eigenvalue weighted by molar-refractivity contribution is 0.0524. The molecule has 0 aliphatic heterocycles. The average molecular weight is 310 g/mol. The molecule has 116 valence electrons. The minimum absolute atomic E-state index is 0.207. The molecule has 0 aliphatic carbocycles. The number of benzene rings is 2. The summed E-state index contributed by atoms with van der Waals surface area (Å²) < 4.78 is 33.0. The van der Waals surface area contributed by atoms with E-state index in [-0.39, 0.29) is 24.5 Å². The van der Waals surface area contributed by atoms with Crippen molar-refractivity contribution in [2.75, 3.05) is 0 Å². The Kier molecular flexibility index (Phi) is 5.92. The van der Waals surface area contributed by atoms with Crippen LogP contribution in [0.25, 0.3) is 0 Å². The van der Waals surface area contributed by atoms with E-state index >= 15 is 0 Å². The monoisotopic (exact) mass is 310 g/mol. The van der Waals surface area contributed by atoms with Crippen molar-refractivity contribution in [3.05, 3.63) is 71.3 Å². The summed E-state index contributed by atoms with van der Waals surface area (Å²) in [5.74, 6) is 4.24. The van der Waals surface area contributed by atoms with Crippen molar-refractivity contribution < 1.29 is 13.5 Å². The van der Waals surface area contributed by atoms with Crippen molar-refractivity contribution in [2.24, 2.45) is 0 Å². The van der Waals surface area contributed by atoms with Crippen LogP contribution in [0.15, 0.2) is 48.5 Å². The maximum absolute atomic E-state index is 13.7. The van der Waals surface area contributed by atoms with Crippen LogP contribution >= 0.6 is 0 Å². The van der Waals surface area contributed by atoms with E-state index in [0.717, 1.165) is 0 Å². The number of terminal acetylenes is 2. The van der Waals surface area contributed by atoms with Gasteiger partial charge >= 0.3 is 0 Å². The van der Waals surface area contributed by atoms with E-state index in [0.29, 0.717) is 11.1 Å². The van der Waals surface area contributed by atoms with Crippen LogP contribution in [0.3, 0.4) is 0 Å². The summed E-state index contributed by atoms with van der Waals surface area (Å²) >= 11 is 0. The van der Waals surface area contributed by atoms with Crippen LogP contribution in [0.1, 0.15) is 11.1 Å². The summed E-state index contributed by atoms with van der Waals surface area (Å²) in [5, 5.41) is 0. The van der Waals surface area contributed by atoms with Crippen LogP contribution < -0.4 is 0 Å². The number of hydrogen-bond acceptors (Lipinski definition) is 1. The van der Waals surface area contributed by atoms with E-state index in [1.165, 1.54) is 12.1 Å². The molecule has 0 amide bonds. The van der Waals surface area contributed by atoms with Gasteiger partial charge in [-0.1, -0.05) is 48.2 Å². The molecule has 2 unspecified atom stereocenters. The summed E-state index contributed by atoms with van der Waals surface area (Å²) in [6.45, 7) is 0. The van der Waals surface area contributed by atoms with E-state index < -0.39 is 12.2 Å². The molecule has 23 heavy (non-hydrogen) atoms. The van der Waals surface area contributed by atoms with Crippen molar-refractivity contribution in [1.82, 2.24) is 0 Å². The lowest BCUT2D eigenvalue weighted by Gasteiger charge is -2.18. The predicted octanol–water partition coefficient (Wildman–Crippen LogP) is 3.77. The zero-order valence-electron chi connectivity index (χ0n) is 12.5. The number of ether oxygens (including phenoxy) is 1. The van der Waals surface area contributed by atoms with Crippen LogP contribution in [0.4, 0.5) is 8.78 Å². The second kappa shape index (κ2) is 8.13. The smallest absolute Gasteiger partial charge is 0.126 e. The minimum Gasteiger partial charge on any atom is -0.349 e. The Morgan fingerprint density at radius 1 is 0.783 bits per heavy atom. The molecule has 0 radical (unpaired) electrons. The lowest BCUT2D eigenvalue weighted by atomic mass is 10.1. The normalized spacial score (nSPS) is 12.9. The molecule has 0 bridgehead atoms. The maximum Gasteiger partial charge on any atom is 0.126 e. The van der Waals surface area contributed by atoms with Crippen molar-refractivity contribution in [3.63, 3.8) is 0 Å². The molecular weight excluding hydrogens is 294 g/mol. The highest BCUT2D eigenvalue weighted by Crippen LogP contribution is 2.15. The Hall–Kier alpha value is -2.62. The Morgan fingerprint density at radius 3 is 1.52 bits per heavy atom. The molecule has 0 spiro atoms. The van der Waals surface area contributed by atoms with Gasteiger partial charge in [0, 0.05) is 12.8 Å². The fraction of sp³-hybridized carbons (Fsp3) is 0.200. The van der Waals surface area contributed by atoms with E-state index in [1.54, 1.807) is 36.4 Å². The second-order valence-electron chi connectivity index (χ2n) is 5.04. The molecule has 1 nitrogen and oxygen atoms in total. The van der Waals surface area contributed by atoms with E-state index in [9.17, 15) is 8.78 Å². The van der Waals surface area contributed by atoms with Crippen LogP contribution in [0, 0.1) is 36.3 Å². The van der Waals surface area contributed by atoms with Gasteiger partial charge in [-0.3, -0.25) is 0 Å². The third-order valence-electron chi connectivity index (χ3n) is 3.43. The third kappa shape index (κ3) is 4.68. The zero-order chi connectivity index (χ0) is 16.7. The van der Waals surface area contributed by atoms with Gasteiger partial charge in [0.05, 0.1) is 0 Å². The van der Waals surface area contributed by atoms with Gasteiger partial charge in [-0.25, -0.2) is 8.78 Å². The quantitative estimate of drug-likeness (QED) is 0.738. The molecule has 2 rings (SSSR count). The summed E-state index contributed by atoms with van der Waals surface area (Å²) in [7, 11) is 0. The highest BCUT2D eigenvalue weighted by molar-refractivity contribution is 5.22. The molecule has 3 heteroatoms. The molecule has 0 saturated carbocycles. The number of rotatable bonds is 6. The first-order valence-electron chi connectivity index (χ1n) is 7.18. The van der Waals surface area contributed by atoms with E-state index in [1.807, 2.05) is 0 Å². The van der Waals surface area contributed by atoms with Crippen molar-refractivity contribution in [1.29, 1.82) is 0 Å². The topological polar surface area (TPSA) is 9.23 Å². The van der Waals surface area contributed by atoms with Crippen LogP contribution in [0.5, 0.6) is 0 Å². The van der Waals surface area contributed by atoms with Crippen LogP contribution in [-0.2, 0) is 17.6 Å². The lowest BCUT2D eigenvalue weighted by Crippen LogP contribution is -2.24. The minimum atomic E-state index is -0.681. The van der Waals surface area contributed by atoms with Gasteiger partial charge < -0.3 is 4.74 Å². The zero-order valence-corrected chi connectivity index (χ0v) is 12.5. The summed E-state index contributed by atoms with van der Waals surface area (Å²) in [6.07, 6.45) is 9.97. The molecule has 0 fully saturated rings. The van der Waals surface area contributed by atoms with Gasteiger partial charge in [-0.05, 0) is 23.3 Å². The number of hydrogen-bond donors (Lipinski definition) is 0. The van der Waals surface area contributed by atoms with Gasteiger partial charge in [0.2, 0.25) is 0 Å². The van der Waals surface area contributed by atoms with Crippen LogP contribution in [-0.4, -0.2) is 12.2 Å². The second-order valence-corrected chi connectivity index (χ2v) is 5.04. The van der Waals surface area contributed by atoms with Gasteiger partial charge in [0.15, 0.2) is 0 Å². The fourth-order valence-corrected chi connectivity index (χ4v) is 2.22. The van der Waals surface area contributed by atoms with Crippen molar-refractivity contribution in [2.45, 2.75) is 25.0 Å². The van der Waals surface area contributed by atoms with Crippen molar-refractivity contribution in [3.8, 4) is 24.7 Å². The Balaban J connectivity index is 2.05. The first-order chi connectivity index (χ1) is 11.1. The molecule has 0 aliphatic rings. The Labute approximate surface area is 135 Å². The molecule has 0 N–H and O–H groups in total. The van der Waals surface area contributed by atoms with E-state index in [4.69, 9.17) is 17.6 Å².